The van der Waals surface area contributed by atoms with Crippen molar-refractivity contribution in [3.8, 4) is 17.2 Å². The lowest BCUT2D eigenvalue weighted by molar-refractivity contribution is 0.405. The Morgan fingerprint density at radius 3 is 2.16 bits per heavy atom. The maximum absolute atomic E-state index is 6.27. The number of aryl methyl sites for hydroxylation is 2. The van der Waals surface area contributed by atoms with Crippen molar-refractivity contribution < 1.29 is 9.47 Å². The van der Waals surface area contributed by atoms with Crippen LogP contribution in [0.15, 0.2) is 30.3 Å². The molecule has 2 aromatic carbocycles. The fourth-order valence-electron chi connectivity index (χ4n) is 3.59. The van der Waals surface area contributed by atoms with E-state index in [1.54, 1.807) is 7.11 Å². The Morgan fingerprint density at radius 2 is 1.60 bits per heavy atom. The van der Waals surface area contributed by atoms with Gasteiger partial charge in [0.25, 0.3) is 0 Å². The number of hydrogen-bond donors (Lipinski definition) is 0. The van der Waals surface area contributed by atoms with Gasteiger partial charge in [-0.2, -0.15) is 0 Å². The quantitative estimate of drug-likeness (QED) is 0.684. The molecule has 1 aliphatic heterocycles. The largest absolute Gasteiger partial charge is 0.496 e. The molecule has 0 radical (unpaired) electrons. The van der Waals surface area contributed by atoms with E-state index in [0.29, 0.717) is 5.92 Å². The van der Waals surface area contributed by atoms with Gasteiger partial charge in [-0.15, -0.1) is 0 Å². The first kappa shape index (κ1) is 17.7. The summed E-state index contributed by atoms with van der Waals surface area (Å²) in [6, 6.07) is 10.6. The van der Waals surface area contributed by atoms with Gasteiger partial charge in [0.05, 0.1) is 7.11 Å². The van der Waals surface area contributed by atoms with Crippen molar-refractivity contribution in [2.45, 2.75) is 46.5 Å². The summed E-state index contributed by atoms with van der Waals surface area (Å²) in [5.41, 5.74) is 4.86. The lowest BCUT2D eigenvalue weighted by Crippen LogP contribution is -2.17. The van der Waals surface area contributed by atoms with Crippen LogP contribution in [0, 0.1) is 13.8 Å². The van der Waals surface area contributed by atoms with E-state index in [0.717, 1.165) is 30.3 Å². The van der Waals surface area contributed by atoms with Gasteiger partial charge in [0.1, 0.15) is 17.2 Å². The summed E-state index contributed by atoms with van der Waals surface area (Å²) in [5.74, 6) is 3.13. The molecule has 0 atom stereocenters. The molecule has 25 heavy (non-hydrogen) atoms. The molecule has 0 amide bonds. The van der Waals surface area contributed by atoms with Crippen molar-refractivity contribution in [1.82, 2.24) is 0 Å². The van der Waals surface area contributed by atoms with Gasteiger partial charge in [-0.05, 0) is 74.1 Å². The second-order valence-electron chi connectivity index (χ2n) is 7.26. The Hall–Kier alpha value is -2.16. The van der Waals surface area contributed by atoms with E-state index in [4.69, 9.17) is 9.47 Å². The van der Waals surface area contributed by atoms with Crippen molar-refractivity contribution in [3.05, 3.63) is 47.0 Å². The summed E-state index contributed by atoms with van der Waals surface area (Å²) >= 11 is 0. The third-order valence-electron chi connectivity index (χ3n) is 4.96. The number of nitrogens with zero attached hydrogens (tertiary/aromatic N) is 1. The molecule has 1 aliphatic rings. The molecule has 0 bridgehead atoms. The predicted octanol–water partition coefficient (Wildman–Crippen LogP) is 5.83. The van der Waals surface area contributed by atoms with Gasteiger partial charge < -0.3 is 14.4 Å². The second-order valence-corrected chi connectivity index (χ2v) is 7.26. The zero-order valence-electron chi connectivity index (χ0n) is 16.1. The van der Waals surface area contributed by atoms with Crippen LogP contribution in [0.2, 0.25) is 0 Å². The van der Waals surface area contributed by atoms with Crippen LogP contribution in [0.5, 0.6) is 17.2 Å². The highest BCUT2D eigenvalue weighted by molar-refractivity contribution is 5.58. The smallest absolute Gasteiger partial charge is 0.133 e. The third-order valence-corrected chi connectivity index (χ3v) is 4.96. The zero-order valence-corrected chi connectivity index (χ0v) is 16.1. The molecule has 2 aromatic rings. The molecule has 3 nitrogen and oxygen atoms in total. The number of anilines is 1. The fraction of sp³-hybridized carbons (Fsp3) is 0.455. The molecule has 1 saturated heterocycles. The summed E-state index contributed by atoms with van der Waals surface area (Å²) < 4.78 is 11.7. The normalized spacial score (nSPS) is 14.2. The summed E-state index contributed by atoms with van der Waals surface area (Å²) in [6.45, 7) is 10.9. The van der Waals surface area contributed by atoms with Crippen molar-refractivity contribution in [2.24, 2.45) is 0 Å². The minimum absolute atomic E-state index is 0.387. The van der Waals surface area contributed by atoms with Crippen molar-refractivity contribution in [2.75, 3.05) is 25.1 Å². The average molecular weight is 339 g/mol. The molecule has 0 unspecified atom stereocenters. The van der Waals surface area contributed by atoms with Gasteiger partial charge >= 0.3 is 0 Å². The molecule has 1 fully saturated rings. The highest BCUT2D eigenvalue weighted by Gasteiger charge is 2.16. The highest BCUT2D eigenvalue weighted by Crippen LogP contribution is 2.36. The van der Waals surface area contributed by atoms with Crippen molar-refractivity contribution >= 4 is 5.69 Å². The number of methoxy groups -OCH3 is 1. The van der Waals surface area contributed by atoms with E-state index in [2.05, 4.69) is 50.8 Å². The predicted molar refractivity (Wildman–Crippen MR) is 105 cm³/mol. The Balaban J connectivity index is 1.89. The summed E-state index contributed by atoms with van der Waals surface area (Å²) in [6.07, 6.45) is 2.58. The van der Waals surface area contributed by atoms with Crippen molar-refractivity contribution in [3.63, 3.8) is 0 Å². The summed E-state index contributed by atoms with van der Waals surface area (Å²) in [5, 5.41) is 0. The van der Waals surface area contributed by atoms with Gasteiger partial charge in [0.15, 0.2) is 0 Å². The highest BCUT2D eigenvalue weighted by atomic mass is 16.5. The molecule has 0 saturated carbocycles. The summed E-state index contributed by atoms with van der Waals surface area (Å²) in [7, 11) is 1.72. The topological polar surface area (TPSA) is 21.7 Å². The maximum Gasteiger partial charge on any atom is 0.133 e. The van der Waals surface area contributed by atoms with Crippen LogP contribution in [0.4, 0.5) is 5.69 Å². The molecule has 134 valence electrons. The molecular weight excluding hydrogens is 310 g/mol. The van der Waals surface area contributed by atoms with E-state index in [9.17, 15) is 0 Å². The second kappa shape index (κ2) is 7.38. The van der Waals surface area contributed by atoms with Gasteiger partial charge in [0, 0.05) is 24.3 Å². The minimum atomic E-state index is 0.387. The molecule has 0 aromatic heterocycles. The van der Waals surface area contributed by atoms with E-state index in [-0.39, 0.29) is 0 Å². The fourth-order valence-corrected chi connectivity index (χ4v) is 3.59. The third kappa shape index (κ3) is 3.76. The van der Waals surface area contributed by atoms with Crippen LogP contribution in [-0.2, 0) is 0 Å². The number of hydrogen-bond acceptors (Lipinski definition) is 3. The first-order valence-corrected chi connectivity index (χ1v) is 9.21. The van der Waals surface area contributed by atoms with Crippen LogP contribution in [0.25, 0.3) is 0 Å². The SMILES string of the molecule is COc1ccc(Oc2c(C)cc(N3CCCC3)cc2C)cc1C(C)C. The molecule has 0 spiro atoms. The number of benzene rings is 2. The van der Waals surface area contributed by atoms with Gasteiger partial charge in [-0.25, -0.2) is 0 Å². The van der Waals surface area contributed by atoms with Crippen LogP contribution in [0.1, 0.15) is 49.3 Å². The number of ether oxygens (including phenoxy) is 2. The lowest BCUT2D eigenvalue weighted by Gasteiger charge is -2.21. The van der Waals surface area contributed by atoms with Crippen LogP contribution in [0.3, 0.4) is 0 Å². The van der Waals surface area contributed by atoms with Gasteiger partial charge in [-0.3, -0.25) is 0 Å². The van der Waals surface area contributed by atoms with E-state index in [1.165, 1.54) is 35.2 Å². The van der Waals surface area contributed by atoms with Crippen LogP contribution >= 0.6 is 0 Å². The van der Waals surface area contributed by atoms with Gasteiger partial charge in [0.2, 0.25) is 0 Å². The van der Waals surface area contributed by atoms with Crippen molar-refractivity contribution in [1.29, 1.82) is 0 Å². The maximum atomic E-state index is 6.27. The van der Waals surface area contributed by atoms with E-state index < -0.39 is 0 Å². The Morgan fingerprint density at radius 1 is 0.960 bits per heavy atom. The zero-order chi connectivity index (χ0) is 18.0. The number of rotatable bonds is 5. The monoisotopic (exact) mass is 339 g/mol. The lowest BCUT2D eigenvalue weighted by atomic mass is 10.0. The summed E-state index contributed by atoms with van der Waals surface area (Å²) in [4.78, 5) is 2.47. The van der Waals surface area contributed by atoms with Gasteiger partial charge in [-0.1, -0.05) is 13.8 Å². The Kier molecular flexibility index (Phi) is 5.22. The van der Waals surface area contributed by atoms with E-state index >= 15 is 0 Å². The minimum Gasteiger partial charge on any atom is -0.496 e. The standard InChI is InChI=1S/C22H29NO2/c1-15(2)20-14-19(8-9-21(20)24-5)25-22-16(3)12-18(13-17(22)4)23-10-6-7-11-23/h8-9,12-15H,6-7,10-11H2,1-5H3. The molecule has 0 aliphatic carbocycles. The first-order chi connectivity index (χ1) is 12.0. The molecule has 0 N–H and O–H groups in total. The Labute approximate surface area is 151 Å². The Bertz CT molecular complexity index is 723. The molecule has 1 heterocycles. The van der Waals surface area contributed by atoms with Crippen LogP contribution < -0.4 is 14.4 Å². The van der Waals surface area contributed by atoms with E-state index in [1.807, 2.05) is 12.1 Å². The molecule has 3 rings (SSSR count). The molecular formula is C22H29NO2. The molecule has 3 heteroatoms. The van der Waals surface area contributed by atoms with Crippen LogP contribution in [-0.4, -0.2) is 20.2 Å². The first-order valence-electron chi connectivity index (χ1n) is 9.21. The average Bonchev–Trinajstić information content (AvgIpc) is 3.12.